The molecule has 0 radical (unpaired) electrons. The summed E-state index contributed by atoms with van der Waals surface area (Å²) in [5, 5.41) is 0.625. The van der Waals surface area contributed by atoms with Crippen LogP contribution >= 0.6 is 11.6 Å². The van der Waals surface area contributed by atoms with Gasteiger partial charge in [-0.15, -0.1) is 0 Å². The van der Waals surface area contributed by atoms with Gasteiger partial charge in [0.15, 0.2) is 16.9 Å². The molecule has 6 nitrogen and oxygen atoms in total. The molecule has 0 saturated carbocycles. The van der Waals surface area contributed by atoms with Gasteiger partial charge >= 0.3 is 0 Å². The van der Waals surface area contributed by atoms with E-state index in [9.17, 15) is 14.0 Å². The third-order valence-corrected chi connectivity index (χ3v) is 6.45. The molecule has 1 aliphatic rings. The van der Waals surface area contributed by atoms with E-state index in [1.54, 1.807) is 49.5 Å². The smallest absolute Gasteiger partial charge is 0.290 e. The lowest BCUT2D eigenvalue weighted by molar-refractivity contribution is 0.0730. The molecule has 0 N–H and O–H groups in total. The molecule has 5 rings (SSSR count). The number of fused-ring (bicyclic) bond motifs is 2. The second kappa shape index (κ2) is 9.07. The van der Waals surface area contributed by atoms with Gasteiger partial charge in [0.2, 0.25) is 5.76 Å². The van der Waals surface area contributed by atoms with Crippen molar-refractivity contribution in [3.63, 3.8) is 0 Å². The summed E-state index contributed by atoms with van der Waals surface area (Å²) < 4.78 is 30.5. The molecule has 0 aliphatic carbocycles. The average molecular weight is 494 g/mol. The predicted molar refractivity (Wildman–Crippen MR) is 130 cm³/mol. The normalized spacial score (nSPS) is 14.9. The lowest BCUT2D eigenvalue weighted by Crippen LogP contribution is -2.31. The van der Waals surface area contributed by atoms with Gasteiger partial charge in [-0.05, 0) is 60.0 Å². The topological polar surface area (TPSA) is 69.0 Å². The first-order valence-electron chi connectivity index (χ1n) is 10.9. The molecule has 1 aliphatic heterocycles. The van der Waals surface area contributed by atoms with Crippen molar-refractivity contribution in [3.05, 3.63) is 104 Å². The SMILES string of the molecule is COc1ccc(CCN2C(=O)c3oc4ccc(F)cc4c(=O)c3C2c2ccc(Cl)cc2)cc1OC. The molecule has 1 unspecified atom stereocenters. The third-order valence-electron chi connectivity index (χ3n) is 6.20. The Kier molecular flexibility index (Phi) is 5.94. The van der Waals surface area contributed by atoms with Gasteiger partial charge in [0.05, 0.1) is 31.2 Å². The first-order valence-corrected chi connectivity index (χ1v) is 11.3. The Hall–Kier alpha value is -3.84. The summed E-state index contributed by atoms with van der Waals surface area (Å²) in [7, 11) is 3.12. The van der Waals surface area contributed by atoms with Gasteiger partial charge in [0.25, 0.3) is 5.91 Å². The zero-order valence-electron chi connectivity index (χ0n) is 19.0. The molecule has 8 heteroatoms. The molecule has 2 heterocycles. The Morgan fingerprint density at radius 1 is 0.971 bits per heavy atom. The molecule has 0 saturated heterocycles. The van der Waals surface area contributed by atoms with Crippen molar-refractivity contribution in [1.82, 2.24) is 4.90 Å². The molecule has 4 aromatic rings. The van der Waals surface area contributed by atoms with E-state index < -0.39 is 23.2 Å². The average Bonchev–Trinajstić information content (AvgIpc) is 3.15. The highest BCUT2D eigenvalue weighted by Crippen LogP contribution is 2.39. The highest BCUT2D eigenvalue weighted by atomic mass is 35.5. The molecule has 1 aromatic heterocycles. The minimum absolute atomic E-state index is 0.0265. The summed E-state index contributed by atoms with van der Waals surface area (Å²) in [6.45, 7) is 0.302. The maximum Gasteiger partial charge on any atom is 0.290 e. The Morgan fingerprint density at radius 2 is 1.71 bits per heavy atom. The number of halogens is 2. The number of nitrogens with zero attached hydrogens (tertiary/aromatic N) is 1. The van der Waals surface area contributed by atoms with E-state index in [2.05, 4.69) is 0 Å². The van der Waals surface area contributed by atoms with E-state index >= 15 is 0 Å². The number of hydrogen-bond acceptors (Lipinski definition) is 5. The summed E-state index contributed by atoms with van der Waals surface area (Å²) in [5.74, 6) is 0.210. The molecule has 35 heavy (non-hydrogen) atoms. The lowest BCUT2D eigenvalue weighted by Gasteiger charge is -2.25. The van der Waals surface area contributed by atoms with Crippen molar-refractivity contribution in [2.24, 2.45) is 0 Å². The van der Waals surface area contributed by atoms with Crippen LogP contribution in [-0.2, 0) is 6.42 Å². The fourth-order valence-corrected chi connectivity index (χ4v) is 4.63. The Bertz CT molecular complexity index is 1500. The maximum atomic E-state index is 13.9. The number of methoxy groups -OCH3 is 2. The summed E-state index contributed by atoms with van der Waals surface area (Å²) in [6.07, 6.45) is 0.493. The van der Waals surface area contributed by atoms with E-state index in [-0.39, 0.29) is 22.3 Å². The van der Waals surface area contributed by atoms with Crippen LogP contribution in [0.5, 0.6) is 11.5 Å². The van der Waals surface area contributed by atoms with Crippen molar-refractivity contribution in [3.8, 4) is 11.5 Å². The highest BCUT2D eigenvalue weighted by molar-refractivity contribution is 6.30. The van der Waals surface area contributed by atoms with Crippen molar-refractivity contribution in [2.75, 3.05) is 20.8 Å². The zero-order chi connectivity index (χ0) is 24.7. The zero-order valence-corrected chi connectivity index (χ0v) is 19.8. The molecule has 0 fully saturated rings. The molecular weight excluding hydrogens is 473 g/mol. The molecule has 1 amide bonds. The maximum absolute atomic E-state index is 13.9. The number of benzene rings is 3. The first kappa shape index (κ1) is 22.9. The minimum atomic E-state index is -0.696. The number of amides is 1. The Balaban J connectivity index is 1.58. The molecule has 0 bridgehead atoms. The number of hydrogen-bond donors (Lipinski definition) is 0. The molecule has 3 aromatic carbocycles. The van der Waals surface area contributed by atoms with Gasteiger partial charge in [-0.1, -0.05) is 29.8 Å². The molecular formula is C27H21ClFNO5. The molecule has 1 atom stereocenters. The van der Waals surface area contributed by atoms with Crippen LogP contribution in [0.3, 0.4) is 0 Å². The van der Waals surface area contributed by atoms with Gasteiger partial charge in [-0.2, -0.15) is 0 Å². The second-order valence-electron chi connectivity index (χ2n) is 8.21. The van der Waals surface area contributed by atoms with Crippen LogP contribution in [-0.4, -0.2) is 31.6 Å². The van der Waals surface area contributed by atoms with Crippen molar-refractivity contribution >= 4 is 28.5 Å². The summed E-state index contributed by atoms with van der Waals surface area (Å²) in [6, 6.07) is 15.5. The van der Waals surface area contributed by atoms with E-state index in [1.807, 2.05) is 12.1 Å². The van der Waals surface area contributed by atoms with Crippen LogP contribution in [0, 0.1) is 5.82 Å². The summed E-state index contributed by atoms with van der Waals surface area (Å²) >= 11 is 6.08. The minimum Gasteiger partial charge on any atom is -0.493 e. The highest BCUT2D eigenvalue weighted by Gasteiger charge is 2.42. The number of carbonyl (C=O) groups excluding carboxylic acids is 1. The van der Waals surface area contributed by atoms with Crippen LogP contribution in [0.1, 0.15) is 33.3 Å². The monoisotopic (exact) mass is 493 g/mol. The van der Waals surface area contributed by atoms with Crippen LogP contribution in [0.15, 0.2) is 69.9 Å². The fourth-order valence-electron chi connectivity index (χ4n) is 4.50. The second-order valence-corrected chi connectivity index (χ2v) is 8.64. The van der Waals surface area contributed by atoms with Crippen LogP contribution < -0.4 is 14.9 Å². The van der Waals surface area contributed by atoms with E-state index in [1.165, 1.54) is 12.1 Å². The van der Waals surface area contributed by atoms with Crippen LogP contribution in [0.25, 0.3) is 11.0 Å². The summed E-state index contributed by atoms with van der Waals surface area (Å²) in [4.78, 5) is 28.6. The quantitative estimate of drug-likeness (QED) is 0.360. The van der Waals surface area contributed by atoms with E-state index in [0.29, 0.717) is 35.1 Å². The third kappa shape index (κ3) is 4.02. The largest absolute Gasteiger partial charge is 0.493 e. The van der Waals surface area contributed by atoms with Crippen molar-refractivity contribution in [1.29, 1.82) is 0 Å². The van der Waals surface area contributed by atoms with Gasteiger partial charge in [0, 0.05) is 11.6 Å². The van der Waals surface area contributed by atoms with Gasteiger partial charge in [-0.3, -0.25) is 9.59 Å². The van der Waals surface area contributed by atoms with Crippen LogP contribution in [0.2, 0.25) is 5.02 Å². The van der Waals surface area contributed by atoms with Gasteiger partial charge in [0.1, 0.15) is 11.4 Å². The first-order chi connectivity index (χ1) is 16.9. The van der Waals surface area contributed by atoms with E-state index in [4.69, 9.17) is 25.5 Å². The van der Waals surface area contributed by atoms with Gasteiger partial charge in [-0.25, -0.2) is 4.39 Å². The van der Waals surface area contributed by atoms with Crippen molar-refractivity contribution in [2.45, 2.75) is 12.5 Å². The lowest BCUT2D eigenvalue weighted by atomic mass is 9.98. The van der Waals surface area contributed by atoms with Crippen molar-refractivity contribution < 1.29 is 23.1 Å². The molecule has 178 valence electrons. The number of carbonyl (C=O) groups is 1. The number of rotatable bonds is 6. The van der Waals surface area contributed by atoms with Gasteiger partial charge < -0.3 is 18.8 Å². The standard InChI is InChI=1S/C27H21ClFNO5/c1-33-21-9-3-15(13-22(21)34-2)11-12-30-24(16-4-6-17(28)7-5-16)23-25(31)19-14-18(29)8-10-20(19)35-26(23)27(30)32/h3-10,13-14,24H,11-12H2,1-2H3. The molecule has 0 spiro atoms. The number of ether oxygens (including phenoxy) is 2. The fraction of sp³-hybridized carbons (Fsp3) is 0.185. The van der Waals surface area contributed by atoms with Crippen LogP contribution in [0.4, 0.5) is 4.39 Å². The van der Waals surface area contributed by atoms with E-state index in [0.717, 1.165) is 11.6 Å². The Labute approximate surface area is 205 Å². The summed E-state index contributed by atoms with van der Waals surface area (Å²) in [5.41, 5.74) is 1.56. The Morgan fingerprint density at radius 3 is 2.43 bits per heavy atom. The predicted octanol–water partition coefficient (Wildman–Crippen LogP) is 5.39.